The van der Waals surface area contributed by atoms with E-state index in [-0.39, 0.29) is 5.91 Å². The van der Waals surface area contributed by atoms with Crippen LogP contribution >= 0.6 is 15.9 Å². The van der Waals surface area contributed by atoms with Gasteiger partial charge in [-0.1, -0.05) is 13.0 Å². The molecule has 0 N–H and O–H groups in total. The number of benzene rings is 1. The first-order valence-corrected chi connectivity index (χ1v) is 8.27. The number of likely N-dealkylation sites (tertiary alicyclic amines) is 1. The molecule has 1 heterocycles. The molecule has 1 aliphatic heterocycles. The summed E-state index contributed by atoms with van der Waals surface area (Å²) in [4.78, 5) is 14.4. The molecule has 1 aliphatic rings. The summed E-state index contributed by atoms with van der Waals surface area (Å²) in [5.41, 5.74) is 0.987. The maximum Gasteiger partial charge on any atom is 0.246 e. The van der Waals surface area contributed by atoms with Crippen LogP contribution in [0.4, 0.5) is 0 Å². The number of methoxy groups -OCH3 is 1. The maximum absolute atomic E-state index is 12.4. The number of halogens is 1. The molecule has 1 atom stereocenters. The van der Waals surface area contributed by atoms with E-state index in [0.29, 0.717) is 6.04 Å². The monoisotopic (exact) mass is 351 g/mol. The van der Waals surface area contributed by atoms with Gasteiger partial charge in [-0.3, -0.25) is 4.79 Å². The second-order valence-corrected chi connectivity index (χ2v) is 6.17. The zero-order valence-corrected chi connectivity index (χ0v) is 14.2. The van der Waals surface area contributed by atoms with E-state index in [1.165, 1.54) is 6.42 Å². The van der Waals surface area contributed by atoms with E-state index >= 15 is 0 Å². The number of piperidine rings is 1. The van der Waals surface area contributed by atoms with Gasteiger partial charge in [-0.25, -0.2) is 0 Å². The first-order valence-electron chi connectivity index (χ1n) is 7.48. The highest BCUT2D eigenvalue weighted by Crippen LogP contribution is 2.26. The van der Waals surface area contributed by atoms with E-state index < -0.39 is 0 Å². The third-order valence-electron chi connectivity index (χ3n) is 3.98. The van der Waals surface area contributed by atoms with Crippen molar-refractivity contribution in [2.45, 2.75) is 38.6 Å². The number of carbonyl (C=O) groups excluding carboxylic acids is 1. The Balaban J connectivity index is 2.05. The van der Waals surface area contributed by atoms with Crippen molar-refractivity contribution >= 4 is 27.9 Å². The number of rotatable bonds is 4. The first kappa shape index (κ1) is 16.1. The van der Waals surface area contributed by atoms with Gasteiger partial charge in [0.05, 0.1) is 11.6 Å². The van der Waals surface area contributed by atoms with Gasteiger partial charge in [-0.15, -0.1) is 0 Å². The highest BCUT2D eigenvalue weighted by Gasteiger charge is 2.23. The van der Waals surface area contributed by atoms with E-state index in [4.69, 9.17) is 4.74 Å². The molecule has 0 spiro atoms. The fourth-order valence-electron chi connectivity index (χ4n) is 2.76. The molecule has 1 fully saturated rings. The summed E-state index contributed by atoms with van der Waals surface area (Å²) in [6.45, 7) is 3.04. The Hall–Kier alpha value is -1.29. The Bertz CT molecular complexity index is 528. The molecule has 0 saturated carbocycles. The summed E-state index contributed by atoms with van der Waals surface area (Å²) in [7, 11) is 1.64. The van der Waals surface area contributed by atoms with Crippen molar-refractivity contribution in [3.63, 3.8) is 0 Å². The average molecular weight is 352 g/mol. The Morgan fingerprint density at radius 3 is 2.95 bits per heavy atom. The lowest BCUT2D eigenvalue weighted by Crippen LogP contribution is -2.42. The smallest absolute Gasteiger partial charge is 0.246 e. The summed E-state index contributed by atoms with van der Waals surface area (Å²) >= 11 is 3.46. The first-order chi connectivity index (χ1) is 10.2. The predicted octanol–water partition coefficient (Wildman–Crippen LogP) is 4.26. The van der Waals surface area contributed by atoms with Gasteiger partial charge in [0.1, 0.15) is 5.75 Å². The molecule has 114 valence electrons. The molecular weight excluding hydrogens is 330 g/mol. The molecule has 1 amide bonds. The molecule has 1 aromatic carbocycles. The molecular formula is C17H22BrNO2. The normalized spacial score (nSPS) is 19.0. The molecule has 0 aliphatic carbocycles. The van der Waals surface area contributed by atoms with Crippen LogP contribution in [0.25, 0.3) is 6.08 Å². The molecule has 0 radical (unpaired) electrons. The van der Waals surface area contributed by atoms with Crippen LogP contribution in [0, 0.1) is 0 Å². The summed E-state index contributed by atoms with van der Waals surface area (Å²) in [5.74, 6) is 0.911. The van der Waals surface area contributed by atoms with E-state index in [9.17, 15) is 4.79 Å². The lowest BCUT2D eigenvalue weighted by molar-refractivity contribution is -0.129. The molecule has 0 bridgehead atoms. The van der Waals surface area contributed by atoms with Crippen LogP contribution in [-0.4, -0.2) is 30.5 Å². The van der Waals surface area contributed by atoms with Gasteiger partial charge in [-0.2, -0.15) is 0 Å². The molecule has 0 aromatic heterocycles. The van der Waals surface area contributed by atoms with Crippen LogP contribution < -0.4 is 4.74 Å². The topological polar surface area (TPSA) is 29.5 Å². The Morgan fingerprint density at radius 1 is 1.48 bits per heavy atom. The van der Waals surface area contributed by atoms with Crippen LogP contribution in [0.1, 0.15) is 38.2 Å². The van der Waals surface area contributed by atoms with E-state index in [2.05, 4.69) is 22.9 Å². The van der Waals surface area contributed by atoms with Crippen molar-refractivity contribution in [2.75, 3.05) is 13.7 Å². The van der Waals surface area contributed by atoms with Crippen molar-refractivity contribution < 1.29 is 9.53 Å². The summed E-state index contributed by atoms with van der Waals surface area (Å²) in [6.07, 6.45) is 8.06. The summed E-state index contributed by atoms with van der Waals surface area (Å²) < 4.78 is 6.10. The van der Waals surface area contributed by atoms with Crippen molar-refractivity contribution in [2.24, 2.45) is 0 Å². The third-order valence-corrected chi connectivity index (χ3v) is 4.60. The van der Waals surface area contributed by atoms with Crippen molar-refractivity contribution in [3.05, 3.63) is 34.3 Å². The number of nitrogens with zero attached hydrogens (tertiary/aromatic N) is 1. The SMILES string of the molecule is CCC1CCCCN1C(=O)/C=C/c1ccc(OC)c(Br)c1. The average Bonchev–Trinajstić information content (AvgIpc) is 2.52. The van der Waals surface area contributed by atoms with Crippen LogP contribution in [0.2, 0.25) is 0 Å². The van der Waals surface area contributed by atoms with Crippen LogP contribution in [0.5, 0.6) is 5.75 Å². The lowest BCUT2D eigenvalue weighted by Gasteiger charge is -2.34. The van der Waals surface area contributed by atoms with Gasteiger partial charge in [0.2, 0.25) is 5.91 Å². The van der Waals surface area contributed by atoms with Crippen LogP contribution in [0.15, 0.2) is 28.7 Å². The predicted molar refractivity (Wildman–Crippen MR) is 89.4 cm³/mol. The fourth-order valence-corrected chi connectivity index (χ4v) is 3.32. The molecule has 1 unspecified atom stereocenters. The van der Waals surface area contributed by atoms with Gasteiger partial charge < -0.3 is 9.64 Å². The molecule has 1 aromatic rings. The molecule has 1 saturated heterocycles. The summed E-state index contributed by atoms with van der Waals surface area (Å²) in [5, 5.41) is 0. The highest BCUT2D eigenvalue weighted by molar-refractivity contribution is 9.10. The molecule has 3 nitrogen and oxygen atoms in total. The minimum atomic E-state index is 0.119. The molecule has 2 rings (SSSR count). The molecule has 21 heavy (non-hydrogen) atoms. The van der Waals surface area contributed by atoms with Crippen molar-refractivity contribution in [1.29, 1.82) is 0 Å². The quantitative estimate of drug-likeness (QED) is 0.758. The third kappa shape index (κ3) is 4.10. The van der Waals surface area contributed by atoms with Crippen molar-refractivity contribution in [3.8, 4) is 5.75 Å². The maximum atomic E-state index is 12.4. The number of amides is 1. The second kappa shape index (κ2) is 7.64. The van der Waals surface area contributed by atoms with Gasteiger partial charge in [0.15, 0.2) is 0 Å². The number of carbonyl (C=O) groups is 1. The standard InChI is InChI=1S/C17H22BrNO2/c1-3-14-6-4-5-11-19(14)17(20)10-8-13-7-9-16(21-2)15(18)12-13/h7-10,12,14H,3-6,11H2,1-2H3/b10-8+. The Labute approximate surface area is 135 Å². The number of ether oxygens (including phenoxy) is 1. The zero-order valence-electron chi connectivity index (χ0n) is 12.6. The van der Waals surface area contributed by atoms with Gasteiger partial charge in [0, 0.05) is 18.7 Å². The van der Waals surface area contributed by atoms with Crippen LogP contribution in [0.3, 0.4) is 0 Å². The highest BCUT2D eigenvalue weighted by atomic mass is 79.9. The van der Waals surface area contributed by atoms with E-state index in [1.54, 1.807) is 13.2 Å². The van der Waals surface area contributed by atoms with Gasteiger partial charge in [-0.05, 0) is 65.4 Å². The fraction of sp³-hybridized carbons (Fsp3) is 0.471. The number of hydrogen-bond acceptors (Lipinski definition) is 2. The number of hydrogen-bond donors (Lipinski definition) is 0. The van der Waals surface area contributed by atoms with Crippen molar-refractivity contribution in [1.82, 2.24) is 4.90 Å². The van der Waals surface area contributed by atoms with E-state index in [1.807, 2.05) is 29.2 Å². The van der Waals surface area contributed by atoms with Gasteiger partial charge >= 0.3 is 0 Å². The van der Waals surface area contributed by atoms with Gasteiger partial charge in [0.25, 0.3) is 0 Å². The summed E-state index contributed by atoms with van der Waals surface area (Å²) in [6, 6.07) is 6.19. The minimum Gasteiger partial charge on any atom is -0.496 e. The van der Waals surface area contributed by atoms with E-state index in [0.717, 1.165) is 41.6 Å². The zero-order chi connectivity index (χ0) is 15.2. The second-order valence-electron chi connectivity index (χ2n) is 5.32. The Morgan fingerprint density at radius 2 is 2.29 bits per heavy atom. The van der Waals surface area contributed by atoms with Crippen LogP contribution in [-0.2, 0) is 4.79 Å². The minimum absolute atomic E-state index is 0.119. The lowest BCUT2D eigenvalue weighted by atomic mass is 10.00. The molecule has 4 heteroatoms. The Kier molecular flexibility index (Phi) is 5.85. The largest absolute Gasteiger partial charge is 0.496 e.